The Bertz CT molecular complexity index is 472. The van der Waals surface area contributed by atoms with Crippen LogP contribution in [0.4, 0.5) is 0 Å². The molecule has 1 heteroatoms. The normalized spacial score (nSPS) is 10.8. The van der Waals surface area contributed by atoms with Crippen LogP contribution in [0.5, 0.6) is 0 Å². The zero-order valence-electron chi connectivity index (χ0n) is 8.94. The molecule has 0 aliphatic heterocycles. The molecule has 0 radical (unpaired) electrons. The van der Waals surface area contributed by atoms with Crippen molar-refractivity contribution in [3.63, 3.8) is 0 Å². The van der Waals surface area contributed by atoms with Crippen molar-refractivity contribution in [2.45, 2.75) is 0 Å². The number of hydrogen-bond acceptors (Lipinski definition) is 0. The number of benzene rings is 2. The molecule has 0 atom stereocenters. The molecule has 0 aromatic heterocycles. The highest BCUT2D eigenvalue weighted by Crippen LogP contribution is 2.20. The second-order valence-electron chi connectivity index (χ2n) is 3.55. The summed E-state index contributed by atoms with van der Waals surface area (Å²) in [5, 5.41) is 0.891. The summed E-state index contributed by atoms with van der Waals surface area (Å²) in [7, 11) is 0. The van der Waals surface area contributed by atoms with Crippen molar-refractivity contribution in [3.05, 3.63) is 66.2 Å². The van der Waals surface area contributed by atoms with Gasteiger partial charge in [0, 0.05) is 5.33 Å². The highest BCUT2D eigenvalue weighted by atomic mass is 79.9. The molecule has 16 heavy (non-hydrogen) atoms. The van der Waals surface area contributed by atoms with Gasteiger partial charge >= 0.3 is 0 Å². The summed E-state index contributed by atoms with van der Waals surface area (Å²) in [6.45, 7) is 0. The Hall–Kier alpha value is -1.34. The van der Waals surface area contributed by atoms with Crippen LogP contribution in [0.2, 0.25) is 0 Å². The molecular weight excluding hydrogens is 260 g/mol. The Balaban J connectivity index is 2.33. The number of rotatable bonds is 3. The summed E-state index contributed by atoms with van der Waals surface area (Å²) in [6.07, 6.45) is 4.23. The number of hydrogen-bond donors (Lipinski definition) is 0. The van der Waals surface area contributed by atoms with Crippen molar-refractivity contribution < 1.29 is 0 Å². The smallest absolute Gasteiger partial charge is 0.0215 e. The van der Waals surface area contributed by atoms with E-state index in [0.29, 0.717) is 0 Å². The van der Waals surface area contributed by atoms with Crippen LogP contribution >= 0.6 is 15.9 Å². The Morgan fingerprint density at radius 3 is 2.38 bits per heavy atom. The first-order valence-corrected chi connectivity index (χ1v) is 6.40. The maximum Gasteiger partial charge on any atom is 0.0215 e. The van der Waals surface area contributed by atoms with E-state index in [0.717, 1.165) is 5.33 Å². The van der Waals surface area contributed by atoms with Crippen LogP contribution < -0.4 is 0 Å². The van der Waals surface area contributed by atoms with E-state index in [-0.39, 0.29) is 0 Å². The number of alkyl halides is 1. The highest BCUT2D eigenvalue weighted by molar-refractivity contribution is 9.09. The number of allylic oxidation sites excluding steroid dienone is 1. The molecule has 0 amide bonds. The first kappa shape index (κ1) is 11.2. The van der Waals surface area contributed by atoms with Crippen LogP contribution in [0.3, 0.4) is 0 Å². The topological polar surface area (TPSA) is 0 Å². The molecule has 0 aliphatic carbocycles. The minimum atomic E-state index is 0.891. The molecule has 0 nitrogen and oxygen atoms in total. The highest BCUT2D eigenvalue weighted by Gasteiger charge is 1.96. The maximum absolute atomic E-state index is 3.38. The molecule has 0 saturated heterocycles. The van der Waals surface area contributed by atoms with Gasteiger partial charge < -0.3 is 0 Å². The predicted molar refractivity (Wildman–Crippen MR) is 74.7 cm³/mol. The van der Waals surface area contributed by atoms with E-state index in [2.05, 4.69) is 76.6 Å². The minimum absolute atomic E-state index is 0.891. The summed E-state index contributed by atoms with van der Waals surface area (Å²) in [4.78, 5) is 0. The molecule has 80 valence electrons. The van der Waals surface area contributed by atoms with E-state index in [9.17, 15) is 0 Å². The lowest BCUT2D eigenvalue weighted by Gasteiger charge is -2.02. The lowest BCUT2D eigenvalue weighted by molar-refractivity contribution is 1.59. The van der Waals surface area contributed by atoms with Crippen molar-refractivity contribution >= 4 is 22.0 Å². The zero-order chi connectivity index (χ0) is 11.2. The Labute approximate surface area is 105 Å². The third-order valence-corrected chi connectivity index (χ3v) is 2.77. The van der Waals surface area contributed by atoms with Gasteiger partial charge in [-0.25, -0.2) is 0 Å². The maximum atomic E-state index is 3.38. The van der Waals surface area contributed by atoms with E-state index >= 15 is 0 Å². The van der Waals surface area contributed by atoms with Crippen molar-refractivity contribution in [1.29, 1.82) is 0 Å². The van der Waals surface area contributed by atoms with E-state index in [1.807, 2.05) is 6.07 Å². The molecular formula is C15H13Br. The van der Waals surface area contributed by atoms with Crippen LogP contribution in [-0.2, 0) is 0 Å². The zero-order valence-corrected chi connectivity index (χ0v) is 10.5. The summed E-state index contributed by atoms with van der Waals surface area (Å²) < 4.78 is 0. The quantitative estimate of drug-likeness (QED) is 0.707. The van der Waals surface area contributed by atoms with Crippen molar-refractivity contribution in [1.82, 2.24) is 0 Å². The van der Waals surface area contributed by atoms with Crippen LogP contribution in [0.25, 0.3) is 17.2 Å². The largest absolute Gasteiger partial charge is 0.0883 e. The van der Waals surface area contributed by atoms with Gasteiger partial charge in [0.25, 0.3) is 0 Å². The second kappa shape index (κ2) is 5.66. The van der Waals surface area contributed by atoms with Gasteiger partial charge in [0.2, 0.25) is 0 Å². The lowest BCUT2D eigenvalue weighted by atomic mass is 10.0. The molecule has 0 heterocycles. The van der Waals surface area contributed by atoms with Gasteiger partial charge in [-0.05, 0) is 22.8 Å². The summed E-state index contributed by atoms with van der Waals surface area (Å²) >= 11 is 3.38. The first-order chi connectivity index (χ1) is 7.90. The Morgan fingerprint density at radius 1 is 0.875 bits per heavy atom. The van der Waals surface area contributed by atoms with Gasteiger partial charge in [-0.3, -0.25) is 0 Å². The molecule has 0 bridgehead atoms. The fourth-order valence-electron chi connectivity index (χ4n) is 1.63. The van der Waals surface area contributed by atoms with Gasteiger partial charge in [-0.1, -0.05) is 76.6 Å². The summed E-state index contributed by atoms with van der Waals surface area (Å²) in [5.41, 5.74) is 3.76. The van der Waals surface area contributed by atoms with Crippen LogP contribution in [0.1, 0.15) is 5.56 Å². The average molecular weight is 273 g/mol. The lowest BCUT2D eigenvalue weighted by Crippen LogP contribution is -1.78. The molecule has 0 unspecified atom stereocenters. The van der Waals surface area contributed by atoms with E-state index in [1.165, 1.54) is 16.7 Å². The molecule has 0 fully saturated rings. The van der Waals surface area contributed by atoms with Crippen molar-refractivity contribution in [2.24, 2.45) is 0 Å². The summed E-state index contributed by atoms with van der Waals surface area (Å²) in [5.74, 6) is 0. The molecule has 0 aliphatic rings. The van der Waals surface area contributed by atoms with Crippen molar-refractivity contribution in [2.75, 3.05) is 5.33 Å². The predicted octanol–water partition coefficient (Wildman–Crippen LogP) is 4.76. The molecule has 0 spiro atoms. The second-order valence-corrected chi connectivity index (χ2v) is 4.20. The fourth-order valence-corrected chi connectivity index (χ4v) is 1.82. The Morgan fingerprint density at radius 2 is 1.62 bits per heavy atom. The van der Waals surface area contributed by atoms with Crippen LogP contribution in [0, 0.1) is 0 Å². The molecule has 2 rings (SSSR count). The van der Waals surface area contributed by atoms with Gasteiger partial charge in [0.1, 0.15) is 0 Å². The number of halogens is 1. The molecule has 0 saturated carbocycles. The first-order valence-electron chi connectivity index (χ1n) is 5.28. The molecule has 0 N–H and O–H groups in total. The standard InChI is InChI=1S/C15H13Br/c16-11-5-7-13-6-4-10-15(12-13)14-8-2-1-3-9-14/h1-10,12H,11H2. The van der Waals surface area contributed by atoms with Gasteiger partial charge in [-0.15, -0.1) is 0 Å². The fraction of sp³-hybridized carbons (Fsp3) is 0.0667. The van der Waals surface area contributed by atoms with Crippen LogP contribution in [0.15, 0.2) is 60.7 Å². The average Bonchev–Trinajstić information content (AvgIpc) is 2.38. The van der Waals surface area contributed by atoms with Crippen molar-refractivity contribution in [3.8, 4) is 11.1 Å². The Kier molecular flexibility index (Phi) is 3.95. The molecule has 2 aromatic carbocycles. The monoisotopic (exact) mass is 272 g/mol. The van der Waals surface area contributed by atoms with Gasteiger partial charge in [-0.2, -0.15) is 0 Å². The van der Waals surface area contributed by atoms with E-state index in [4.69, 9.17) is 0 Å². The van der Waals surface area contributed by atoms with Crippen LogP contribution in [-0.4, -0.2) is 5.33 Å². The SMILES string of the molecule is BrCC=Cc1cccc(-c2ccccc2)c1. The van der Waals surface area contributed by atoms with E-state index in [1.54, 1.807) is 0 Å². The van der Waals surface area contributed by atoms with Gasteiger partial charge in [0.05, 0.1) is 0 Å². The van der Waals surface area contributed by atoms with Gasteiger partial charge in [0.15, 0.2) is 0 Å². The third kappa shape index (κ3) is 2.83. The summed E-state index contributed by atoms with van der Waals surface area (Å²) in [6, 6.07) is 19.0. The van der Waals surface area contributed by atoms with E-state index < -0.39 is 0 Å². The molecule has 2 aromatic rings. The minimum Gasteiger partial charge on any atom is -0.0883 e. The third-order valence-electron chi connectivity index (χ3n) is 2.39.